The van der Waals surface area contributed by atoms with Gasteiger partial charge in [-0.3, -0.25) is 5.32 Å². The average molecular weight is 273 g/mol. The summed E-state index contributed by atoms with van der Waals surface area (Å²) in [5.74, 6) is 0.564. The van der Waals surface area contributed by atoms with E-state index in [4.69, 9.17) is 5.26 Å². The van der Waals surface area contributed by atoms with Gasteiger partial charge >= 0.3 is 0 Å². The van der Waals surface area contributed by atoms with Crippen LogP contribution in [0.15, 0.2) is 15.9 Å². The Hall–Kier alpha value is -0.370. The molecular weight excluding hydrogens is 260 g/mol. The Kier molecular flexibility index (Phi) is 4.59. The van der Waals surface area contributed by atoms with Gasteiger partial charge in [0.05, 0.1) is 9.86 Å². The fourth-order valence-electron chi connectivity index (χ4n) is 1.05. The molecule has 0 amide bonds. The second-order valence-electron chi connectivity index (χ2n) is 3.51. The van der Waals surface area contributed by atoms with Crippen LogP contribution < -0.4 is 5.32 Å². The van der Waals surface area contributed by atoms with Gasteiger partial charge in [0.25, 0.3) is 0 Å². The maximum absolute atomic E-state index is 8.98. The molecule has 1 N–H and O–H groups in total. The molecule has 0 aliphatic heterocycles. The van der Waals surface area contributed by atoms with Crippen molar-refractivity contribution in [2.24, 2.45) is 5.92 Å². The van der Waals surface area contributed by atoms with Crippen LogP contribution >= 0.6 is 27.3 Å². The number of hydrogen-bond acceptors (Lipinski definition) is 3. The van der Waals surface area contributed by atoms with E-state index < -0.39 is 0 Å². The highest BCUT2D eigenvalue weighted by Gasteiger charge is 2.12. The zero-order chi connectivity index (χ0) is 10.6. The molecule has 0 aliphatic rings. The van der Waals surface area contributed by atoms with Gasteiger partial charge in [-0.25, -0.2) is 0 Å². The Morgan fingerprint density at radius 1 is 1.57 bits per heavy atom. The summed E-state index contributed by atoms with van der Waals surface area (Å²) in [7, 11) is 0. The zero-order valence-electron chi connectivity index (χ0n) is 8.25. The minimum Gasteiger partial charge on any atom is -0.297 e. The number of rotatable bonds is 4. The van der Waals surface area contributed by atoms with E-state index >= 15 is 0 Å². The highest BCUT2D eigenvalue weighted by molar-refractivity contribution is 9.11. The summed E-state index contributed by atoms with van der Waals surface area (Å²) in [6.45, 7) is 5.13. The largest absolute Gasteiger partial charge is 0.297 e. The van der Waals surface area contributed by atoms with Crippen LogP contribution in [0.5, 0.6) is 0 Å². The first-order valence-corrected chi connectivity index (χ1v) is 6.12. The fourth-order valence-corrected chi connectivity index (χ4v) is 2.49. The monoisotopic (exact) mass is 272 g/mol. The number of halogens is 1. The Balaban J connectivity index is 2.60. The number of hydrogen-bond donors (Lipinski definition) is 1. The molecule has 0 fully saturated rings. The summed E-state index contributed by atoms with van der Waals surface area (Å²) in [5, 5.41) is 12.2. The van der Waals surface area contributed by atoms with Crippen molar-refractivity contribution in [3.8, 4) is 6.07 Å². The van der Waals surface area contributed by atoms with Crippen molar-refractivity contribution in [3.05, 3.63) is 20.8 Å². The summed E-state index contributed by atoms with van der Waals surface area (Å²) in [6, 6.07) is 6.05. The maximum atomic E-state index is 8.98. The van der Waals surface area contributed by atoms with Crippen LogP contribution in [0, 0.1) is 17.2 Å². The van der Waals surface area contributed by atoms with Gasteiger partial charge in [0.1, 0.15) is 6.04 Å². The molecular formula is C10H13BrN2S. The summed E-state index contributed by atoms with van der Waals surface area (Å²) in [4.78, 5) is 1.07. The third-order valence-electron chi connectivity index (χ3n) is 1.74. The first-order chi connectivity index (χ1) is 6.63. The second-order valence-corrected chi connectivity index (χ2v) is 6.00. The molecule has 0 aromatic carbocycles. The van der Waals surface area contributed by atoms with Crippen LogP contribution in [0.25, 0.3) is 0 Å². The van der Waals surface area contributed by atoms with Crippen LogP contribution in [-0.4, -0.2) is 6.54 Å². The maximum Gasteiger partial charge on any atom is 0.130 e. The van der Waals surface area contributed by atoms with Crippen molar-refractivity contribution in [3.63, 3.8) is 0 Å². The topological polar surface area (TPSA) is 35.8 Å². The molecule has 0 radical (unpaired) electrons. The lowest BCUT2D eigenvalue weighted by molar-refractivity contribution is 0.528. The Bertz CT molecular complexity index is 327. The average Bonchev–Trinajstić information content (AvgIpc) is 2.53. The third kappa shape index (κ3) is 3.41. The van der Waals surface area contributed by atoms with Crippen LogP contribution in [0.4, 0.5) is 0 Å². The molecule has 1 aromatic rings. The number of nitrogens with one attached hydrogen (secondary N) is 1. The normalized spacial score (nSPS) is 12.8. The lowest BCUT2D eigenvalue weighted by atomic mass is 10.2. The van der Waals surface area contributed by atoms with Crippen molar-refractivity contribution in [1.29, 1.82) is 5.26 Å². The van der Waals surface area contributed by atoms with Gasteiger partial charge in [-0.05, 0) is 40.5 Å². The number of nitriles is 1. The summed E-state index contributed by atoms with van der Waals surface area (Å²) < 4.78 is 1.07. The van der Waals surface area contributed by atoms with Gasteiger partial charge in [-0.15, -0.1) is 11.3 Å². The Morgan fingerprint density at radius 2 is 2.29 bits per heavy atom. The first kappa shape index (κ1) is 11.7. The van der Waals surface area contributed by atoms with Gasteiger partial charge in [-0.1, -0.05) is 13.8 Å². The van der Waals surface area contributed by atoms with E-state index in [1.54, 1.807) is 11.3 Å². The Labute approximate surface area is 97.1 Å². The molecule has 14 heavy (non-hydrogen) atoms. The zero-order valence-corrected chi connectivity index (χ0v) is 10.7. The predicted octanol–water partition coefficient (Wildman–Crippen LogP) is 3.32. The molecule has 1 rings (SSSR count). The van der Waals surface area contributed by atoms with Crippen molar-refractivity contribution in [1.82, 2.24) is 5.32 Å². The quantitative estimate of drug-likeness (QED) is 0.913. The van der Waals surface area contributed by atoms with E-state index in [9.17, 15) is 0 Å². The highest BCUT2D eigenvalue weighted by atomic mass is 79.9. The van der Waals surface area contributed by atoms with Gasteiger partial charge in [-0.2, -0.15) is 5.26 Å². The summed E-state index contributed by atoms with van der Waals surface area (Å²) in [6.07, 6.45) is 0. The molecule has 1 atom stereocenters. The molecule has 0 saturated carbocycles. The van der Waals surface area contributed by atoms with Crippen LogP contribution in [0.1, 0.15) is 24.8 Å². The SMILES string of the molecule is CC(C)CNC(C#N)c1ccc(Br)s1. The van der Waals surface area contributed by atoms with Crippen molar-refractivity contribution < 1.29 is 0 Å². The molecule has 1 aromatic heterocycles. The molecule has 1 heterocycles. The molecule has 0 spiro atoms. The van der Waals surface area contributed by atoms with Gasteiger partial charge in [0, 0.05) is 4.88 Å². The molecule has 76 valence electrons. The van der Waals surface area contributed by atoms with E-state index in [0.29, 0.717) is 5.92 Å². The molecule has 4 heteroatoms. The summed E-state index contributed by atoms with van der Waals surface area (Å²) >= 11 is 4.99. The lowest BCUT2D eigenvalue weighted by Crippen LogP contribution is -2.23. The third-order valence-corrected chi connectivity index (χ3v) is 3.43. The predicted molar refractivity (Wildman–Crippen MR) is 63.2 cm³/mol. The van der Waals surface area contributed by atoms with Crippen LogP contribution in [0.3, 0.4) is 0 Å². The smallest absolute Gasteiger partial charge is 0.130 e. The van der Waals surface area contributed by atoms with E-state index in [1.807, 2.05) is 12.1 Å². The van der Waals surface area contributed by atoms with Crippen LogP contribution in [-0.2, 0) is 0 Å². The van der Waals surface area contributed by atoms with Gasteiger partial charge in [0.15, 0.2) is 0 Å². The summed E-state index contributed by atoms with van der Waals surface area (Å²) in [5.41, 5.74) is 0. The molecule has 0 saturated heterocycles. The van der Waals surface area contributed by atoms with Gasteiger partial charge in [0.2, 0.25) is 0 Å². The molecule has 0 bridgehead atoms. The molecule has 2 nitrogen and oxygen atoms in total. The lowest BCUT2D eigenvalue weighted by Gasteiger charge is -2.11. The van der Waals surface area contributed by atoms with Crippen molar-refractivity contribution in [2.75, 3.05) is 6.54 Å². The molecule has 0 aliphatic carbocycles. The van der Waals surface area contributed by atoms with Crippen molar-refractivity contribution in [2.45, 2.75) is 19.9 Å². The first-order valence-electron chi connectivity index (χ1n) is 4.51. The Morgan fingerprint density at radius 3 is 2.71 bits per heavy atom. The second kappa shape index (κ2) is 5.50. The van der Waals surface area contributed by atoms with E-state index in [0.717, 1.165) is 15.2 Å². The van der Waals surface area contributed by atoms with E-state index in [-0.39, 0.29) is 6.04 Å². The van der Waals surface area contributed by atoms with Crippen molar-refractivity contribution >= 4 is 27.3 Å². The number of nitrogens with zero attached hydrogens (tertiary/aromatic N) is 1. The minimum atomic E-state index is -0.173. The highest BCUT2D eigenvalue weighted by Crippen LogP contribution is 2.26. The fraction of sp³-hybridized carbons (Fsp3) is 0.500. The minimum absolute atomic E-state index is 0.173. The van der Waals surface area contributed by atoms with E-state index in [1.165, 1.54) is 0 Å². The standard InChI is InChI=1S/C10H13BrN2S/c1-7(2)6-13-8(5-12)9-3-4-10(11)14-9/h3-4,7-8,13H,6H2,1-2H3. The van der Waals surface area contributed by atoms with Crippen LogP contribution in [0.2, 0.25) is 0 Å². The van der Waals surface area contributed by atoms with Gasteiger partial charge < -0.3 is 0 Å². The molecule has 1 unspecified atom stereocenters. The number of thiophene rings is 1. The van der Waals surface area contributed by atoms with E-state index in [2.05, 4.69) is 41.2 Å².